The van der Waals surface area contributed by atoms with E-state index < -0.39 is 0 Å². The quantitative estimate of drug-likeness (QED) is 0.492. The summed E-state index contributed by atoms with van der Waals surface area (Å²) in [4.78, 5) is 0. The molecule has 1 aliphatic carbocycles. The second-order valence-corrected chi connectivity index (χ2v) is 7.21. The highest BCUT2D eigenvalue weighted by molar-refractivity contribution is 8.00. The van der Waals surface area contributed by atoms with Gasteiger partial charge in [-0.2, -0.15) is 4.68 Å². The minimum atomic E-state index is 0.0333. The molecule has 0 aliphatic heterocycles. The van der Waals surface area contributed by atoms with Gasteiger partial charge < -0.3 is 5.21 Å². The molecule has 3 rings (SSSR count). The lowest BCUT2D eigenvalue weighted by Crippen LogP contribution is -2.18. The molecule has 136 valence electrons. The van der Waals surface area contributed by atoms with E-state index in [1.165, 1.54) is 0 Å². The third-order valence-corrected chi connectivity index (χ3v) is 5.44. The monoisotopic (exact) mass is 369 g/mol. The SMILES string of the molecule is O/N=C1/CC/C=C/CC/C=C/CC[C@@H]1Sc1nnnn1-c1ccccc1. The first-order valence-electron chi connectivity index (χ1n) is 8.90. The van der Waals surface area contributed by atoms with Gasteiger partial charge in [0.15, 0.2) is 0 Å². The van der Waals surface area contributed by atoms with E-state index in [1.54, 1.807) is 16.4 Å². The molecule has 1 aromatic carbocycles. The average Bonchev–Trinajstić information content (AvgIpc) is 3.13. The van der Waals surface area contributed by atoms with Crippen molar-refractivity contribution in [3.63, 3.8) is 0 Å². The van der Waals surface area contributed by atoms with Crippen LogP contribution in [0.3, 0.4) is 0 Å². The number of rotatable bonds is 3. The summed E-state index contributed by atoms with van der Waals surface area (Å²) in [6.45, 7) is 0. The molecule has 0 fully saturated rings. The number of nitrogens with zero attached hydrogens (tertiary/aromatic N) is 5. The van der Waals surface area contributed by atoms with Gasteiger partial charge >= 0.3 is 0 Å². The Labute approximate surface area is 157 Å². The molecule has 1 N–H and O–H groups in total. The highest BCUT2D eigenvalue weighted by atomic mass is 32.2. The van der Waals surface area contributed by atoms with Crippen LogP contribution in [0.15, 0.2) is 64.9 Å². The van der Waals surface area contributed by atoms with Crippen molar-refractivity contribution in [1.82, 2.24) is 20.2 Å². The number of allylic oxidation sites excluding steroid dienone is 4. The molecule has 0 saturated carbocycles. The molecule has 0 amide bonds. The Morgan fingerprint density at radius 1 is 1.00 bits per heavy atom. The lowest BCUT2D eigenvalue weighted by molar-refractivity contribution is 0.316. The van der Waals surface area contributed by atoms with Gasteiger partial charge in [-0.05, 0) is 61.1 Å². The van der Waals surface area contributed by atoms with Gasteiger partial charge in [0.05, 0.1) is 16.6 Å². The van der Waals surface area contributed by atoms with Crippen molar-refractivity contribution in [2.45, 2.75) is 48.9 Å². The summed E-state index contributed by atoms with van der Waals surface area (Å²) in [5, 5.41) is 26.0. The van der Waals surface area contributed by atoms with E-state index in [1.807, 2.05) is 30.3 Å². The molecule has 7 heteroatoms. The number of tetrazole rings is 1. The highest BCUT2D eigenvalue weighted by Crippen LogP contribution is 2.28. The minimum absolute atomic E-state index is 0.0333. The summed E-state index contributed by atoms with van der Waals surface area (Å²) >= 11 is 1.55. The standard InChI is InChI=1S/C19H23N5OS/c25-21-17-14-10-5-3-1-2-4-6-11-15-18(17)26-19-20-22-23-24(19)16-12-8-7-9-13-16/h3-9,12-13,18,25H,1-2,10-11,14-15H2/b5-3+,6-4+,21-17-/t18-/m0/s1. The minimum Gasteiger partial charge on any atom is -0.411 e. The molecule has 1 aliphatic rings. The fraction of sp³-hybridized carbons (Fsp3) is 0.368. The van der Waals surface area contributed by atoms with Crippen molar-refractivity contribution >= 4 is 17.5 Å². The number of para-hydroxylation sites is 1. The average molecular weight is 369 g/mol. The Morgan fingerprint density at radius 3 is 2.50 bits per heavy atom. The smallest absolute Gasteiger partial charge is 0.214 e. The van der Waals surface area contributed by atoms with Gasteiger partial charge in [0.1, 0.15) is 0 Å². The lowest BCUT2D eigenvalue weighted by atomic mass is 10.1. The van der Waals surface area contributed by atoms with Crippen LogP contribution in [0, 0.1) is 0 Å². The molecule has 0 bridgehead atoms. The van der Waals surface area contributed by atoms with Crippen LogP contribution in [0.4, 0.5) is 0 Å². The number of benzene rings is 1. The largest absolute Gasteiger partial charge is 0.411 e. The predicted molar refractivity (Wildman–Crippen MR) is 104 cm³/mol. The van der Waals surface area contributed by atoms with E-state index >= 15 is 0 Å². The fourth-order valence-electron chi connectivity index (χ4n) is 2.82. The molecule has 6 nitrogen and oxygen atoms in total. The molecule has 1 atom stereocenters. The van der Waals surface area contributed by atoms with Crippen molar-refractivity contribution in [3.05, 3.63) is 54.6 Å². The molecule has 0 unspecified atom stereocenters. The van der Waals surface area contributed by atoms with Crippen molar-refractivity contribution in [1.29, 1.82) is 0 Å². The summed E-state index contributed by atoms with van der Waals surface area (Å²) in [5.41, 5.74) is 1.70. The Morgan fingerprint density at radius 2 is 1.73 bits per heavy atom. The van der Waals surface area contributed by atoms with Gasteiger partial charge in [0.2, 0.25) is 5.16 Å². The molecule has 0 saturated heterocycles. The number of aromatic nitrogens is 4. The molecular formula is C19H23N5OS. The van der Waals surface area contributed by atoms with Crippen molar-refractivity contribution in [2.24, 2.45) is 5.16 Å². The summed E-state index contributed by atoms with van der Waals surface area (Å²) in [5.74, 6) is 0. The first-order valence-corrected chi connectivity index (χ1v) is 9.77. The van der Waals surface area contributed by atoms with E-state index in [0.717, 1.165) is 49.9 Å². The third kappa shape index (κ3) is 5.05. The summed E-state index contributed by atoms with van der Waals surface area (Å²) in [7, 11) is 0. The summed E-state index contributed by atoms with van der Waals surface area (Å²) < 4.78 is 1.73. The molecule has 2 aromatic rings. The Hall–Kier alpha value is -2.41. The van der Waals surface area contributed by atoms with Crippen LogP contribution < -0.4 is 0 Å². The van der Waals surface area contributed by atoms with E-state index in [4.69, 9.17) is 0 Å². The number of oxime groups is 1. The van der Waals surface area contributed by atoms with E-state index in [-0.39, 0.29) is 5.25 Å². The fourth-order valence-corrected chi connectivity index (χ4v) is 3.96. The normalized spacial score (nSPS) is 23.1. The first kappa shape index (κ1) is 18.4. The Kier molecular flexibility index (Phi) is 7.01. The Bertz CT molecular complexity index is 769. The van der Waals surface area contributed by atoms with Crippen molar-refractivity contribution in [2.75, 3.05) is 0 Å². The molecule has 26 heavy (non-hydrogen) atoms. The van der Waals surface area contributed by atoms with Gasteiger partial charge in [0, 0.05) is 0 Å². The van der Waals surface area contributed by atoms with Crippen LogP contribution in [0.25, 0.3) is 5.69 Å². The molecular weight excluding hydrogens is 346 g/mol. The number of thioether (sulfide) groups is 1. The highest BCUT2D eigenvalue weighted by Gasteiger charge is 2.21. The van der Waals surface area contributed by atoms with Crippen LogP contribution in [0.5, 0.6) is 0 Å². The van der Waals surface area contributed by atoms with Gasteiger partial charge in [-0.3, -0.25) is 0 Å². The van der Waals surface area contributed by atoms with E-state index in [2.05, 4.69) is 45.0 Å². The van der Waals surface area contributed by atoms with Crippen LogP contribution in [-0.4, -0.2) is 36.4 Å². The van der Waals surface area contributed by atoms with Gasteiger partial charge in [-0.25, -0.2) is 0 Å². The van der Waals surface area contributed by atoms with Gasteiger partial charge in [-0.15, -0.1) is 5.10 Å². The third-order valence-electron chi connectivity index (χ3n) is 4.19. The van der Waals surface area contributed by atoms with Crippen LogP contribution in [-0.2, 0) is 0 Å². The van der Waals surface area contributed by atoms with Crippen molar-refractivity contribution in [3.8, 4) is 5.69 Å². The molecule has 0 spiro atoms. The Balaban J connectivity index is 1.80. The van der Waals surface area contributed by atoms with Crippen LogP contribution in [0.2, 0.25) is 0 Å². The predicted octanol–water partition coefficient (Wildman–Crippen LogP) is 4.42. The summed E-state index contributed by atoms with van der Waals surface area (Å²) in [6.07, 6.45) is 14.4. The zero-order valence-electron chi connectivity index (χ0n) is 14.6. The maximum absolute atomic E-state index is 9.56. The molecule has 1 heterocycles. The maximum atomic E-state index is 9.56. The van der Waals surface area contributed by atoms with E-state index in [9.17, 15) is 5.21 Å². The zero-order chi connectivity index (χ0) is 18.0. The molecule has 1 aromatic heterocycles. The summed E-state index contributed by atoms with van der Waals surface area (Å²) in [6, 6.07) is 9.81. The zero-order valence-corrected chi connectivity index (χ0v) is 15.4. The number of hydrogen-bond donors (Lipinski definition) is 1. The van der Waals surface area contributed by atoms with Gasteiger partial charge in [0.25, 0.3) is 0 Å². The first-order chi connectivity index (χ1) is 12.9. The van der Waals surface area contributed by atoms with Gasteiger partial charge in [-0.1, -0.05) is 59.4 Å². The lowest BCUT2D eigenvalue weighted by Gasteiger charge is -2.16. The maximum Gasteiger partial charge on any atom is 0.214 e. The van der Waals surface area contributed by atoms with Crippen LogP contribution >= 0.6 is 11.8 Å². The second-order valence-electron chi connectivity index (χ2n) is 6.04. The second kappa shape index (κ2) is 9.91. The van der Waals surface area contributed by atoms with E-state index in [0.29, 0.717) is 5.16 Å². The topological polar surface area (TPSA) is 76.2 Å². The van der Waals surface area contributed by atoms with Crippen LogP contribution in [0.1, 0.15) is 38.5 Å². The molecule has 0 radical (unpaired) electrons. The van der Waals surface area contributed by atoms with Crippen molar-refractivity contribution < 1.29 is 5.21 Å². The number of hydrogen-bond acceptors (Lipinski definition) is 6.